The van der Waals surface area contributed by atoms with Crippen LogP contribution >= 0.6 is 11.8 Å². The lowest BCUT2D eigenvalue weighted by Gasteiger charge is -2.14. The summed E-state index contributed by atoms with van der Waals surface area (Å²) in [5.74, 6) is 0.190. The molecule has 2 N–H and O–H groups in total. The van der Waals surface area contributed by atoms with Gasteiger partial charge in [-0.3, -0.25) is 9.59 Å². The average Bonchev–Trinajstić information content (AvgIpc) is 2.68. The summed E-state index contributed by atoms with van der Waals surface area (Å²) in [6.07, 6.45) is 0. The fourth-order valence-electron chi connectivity index (χ4n) is 2.98. The third-order valence-corrected chi connectivity index (χ3v) is 5.61. The molecule has 3 rings (SSSR count). The van der Waals surface area contributed by atoms with Gasteiger partial charge in [0, 0.05) is 11.1 Å². The van der Waals surface area contributed by atoms with Gasteiger partial charge in [0.05, 0.1) is 17.3 Å². The number of anilines is 1. The molecule has 3 aromatic rings. The first-order chi connectivity index (χ1) is 13.8. The number of nitrogens with one attached hydrogen (secondary N) is 2. The van der Waals surface area contributed by atoms with Crippen LogP contribution in [0.4, 0.5) is 5.69 Å². The molecular weight excluding hydrogens is 384 g/mol. The van der Waals surface area contributed by atoms with Crippen molar-refractivity contribution in [1.82, 2.24) is 15.3 Å². The van der Waals surface area contributed by atoms with E-state index >= 15 is 0 Å². The van der Waals surface area contributed by atoms with E-state index in [2.05, 4.69) is 20.6 Å². The highest BCUT2D eigenvalue weighted by atomic mass is 32.2. The highest BCUT2D eigenvalue weighted by molar-refractivity contribution is 8.00. The predicted octanol–water partition coefficient (Wildman–Crippen LogP) is 3.79. The lowest BCUT2D eigenvalue weighted by molar-refractivity contribution is -0.123. The third-order valence-electron chi connectivity index (χ3n) is 4.51. The molecule has 0 saturated carbocycles. The fraction of sp³-hybridized carbons (Fsp3) is 0.273. The first kappa shape index (κ1) is 20.8. The summed E-state index contributed by atoms with van der Waals surface area (Å²) in [7, 11) is 0. The van der Waals surface area contributed by atoms with Crippen molar-refractivity contribution in [3.63, 3.8) is 0 Å². The average molecular weight is 409 g/mol. The van der Waals surface area contributed by atoms with Crippen molar-refractivity contribution in [3.05, 3.63) is 59.4 Å². The predicted molar refractivity (Wildman–Crippen MR) is 117 cm³/mol. The first-order valence-corrected chi connectivity index (χ1v) is 10.3. The van der Waals surface area contributed by atoms with Gasteiger partial charge < -0.3 is 10.6 Å². The summed E-state index contributed by atoms with van der Waals surface area (Å²) in [5, 5.41) is 6.85. The number of nitrogens with zero attached hydrogens (tertiary/aromatic N) is 2. The fourth-order valence-corrected chi connectivity index (χ4v) is 3.99. The van der Waals surface area contributed by atoms with Gasteiger partial charge in [-0.05, 0) is 44.9 Å². The van der Waals surface area contributed by atoms with Gasteiger partial charge in [-0.15, -0.1) is 0 Å². The second-order valence-corrected chi connectivity index (χ2v) is 8.22. The van der Waals surface area contributed by atoms with Crippen molar-refractivity contribution in [2.24, 2.45) is 0 Å². The number of fused-ring (bicyclic) bond motifs is 1. The molecule has 0 saturated heterocycles. The topological polar surface area (TPSA) is 84.0 Å². The molecular formula is C22H24N4O2S. The van der Waals surface area contributed by atoms with Crippen molar-refractivity contribution in [1.29, 1.82) is 0 Å². The van der Waals surface area contributed by atoms with Gasteiger partial charge in [0.15, 0.2) is 0 Å². The maximum absolute atomic E-state index is 12.5. The molecule has 0 aliphatic heterocycles. The second kappa shape index (κ2) is 9.05. The van der Waals surface area contributed by atoms with Crippen molar-refractivity contribution >= 4 is 40.2 Å². The number of rotatable bonds is 6. The van der Waals surface area contributed by atoms with Crippen LogP contribution < -0.4 is 10.6 Å². The van der Waals surface area contributed by atoms with E-state index in [0.29, 0.717) is 5.82 Å². The zero-order valence-corrected chi connectivity index (χ0v) is 17.8. The number of amides is 2. The van der Waals surface area contributed by atoms with E-state index in [1.165, 1.54) is 11.8 Å². The second-order valence-electron chi connectivity index (χ2n) is 6.89. The Labute approximate surface area is 174 Å². The van der Waals surface area contributed by atoms with E-state index in [1.54, 1.807) is 6.92 Å². The number of hydrogen-bond acceptors (Lipinski definition) is 5. The summed E-state index contributed by atoms with van der Waals surface area (Å²) in [5.41, 5.74) is 3.61. The lowest BCUT2D eigenvalue weighted by Crippen LogP contribution is -2.37. The van der Waals surface area contributed by atoms with Crippen molar-refractivity contribution in [3.8, 4) is 0 Å². The van der Waals surface area contributed by atoms with Gasteiger partial charge >= 0.3 is 0 Å². The van der Waals surface area contributed by atoms with Gasteiger partial charge in [0.1, 0.15) is 10.9 Å². The maximum atomic E-state index is 12.5. The van der Waals surface area contributed by atoms with Crippen LogP contribution in [0.3, 0.4) is 0 Å². The minimum Gasteiger partial charge on any atom is -0.346 e. The van der Waals surface area contributed by atoms with Crippen LogP contribution in [0, 0.1) is 20.8 Å². The molecule has 29 heavy (non-hydrogen) atoms. The largest absolute Gasteiger partial charge is 0.346 e. The minimum absolute atomic E-state index is 0.0823. The molecule has 0 aliphatic rings. The zero-order valence-electron chi connectivity index (χ0n) is 16.9. The molecule has 0 unspecified atom stereocenters. The monoisotopic (exact) mass is 408 g/mol. The molecule has 1 aromatic heterocycles. The summed E-state index contributed by atoms with van der Waals surface area (Å²) < 4.78 is 0. The van der Waals surface area contributed by atoms with Crippen LogP contribution in [0.25, 0.3) is 10.9 Å². The number of hydrogen-bond donors (Lipinski definition) is 2. The van der Waals surface area contributed by atoms with Crippen molar-refractivity contribution in [2.45, 2.75) is 38.0 Å². The van der Waals surface area contributed by atoms with Gasteiger partial charge in [-0.2, -0.15) is 0 Å². The smallest absolute Gasteiger partial charge is 0.243 e. The first-order valence-electron chi connectivity index (χ1n) is 9.39. The Morgan fingerprint density at radius 1 is 1.00 bits per heavy atom. The van der Waals surface area contributed by atoms with Gasteiger partial charge in [-0.25, -0.2) is 9.97 Å². The Bertz CT molecular complexity index is 1050. The number of aromatic nitrogens is 2. The van der Waals surface area contributed by atoms with Gasteiger partial charge in [0.25, 0.3) is 0 Å². The number of para-hydroxylation sites is 2. The molecule has 1 atom stereocenters. The molecule has 0 spiro atoms. The molecule has 0 radical (unpaired) electrons. The van der Waals surface area contributed by atoms with E-state index in [4.69, 9.17) is 0 Å². The van der Waals surface area contributed by atoms with E-state index in [1.807, 2.05) is 63.2 Å². The highest BCUT2D eigenvalue weighted by Gasteiger charge is 2.18. The van der Waals surface area contributed by atoms with E-state index in [-0.39, 0.29) is 18.4 Å². The number of thioether (sulfide) groups is 1. The standard InChI is InChI=1S/C22H24N4O2S/c1-13-8-7-9-14(2)20(13)26-19(27)12-23-21(28)15(3)29-22-17-10-5-6-11-18(17)24-16(4)25-22/h5-11,15H,12H2,1-4H3,(H,23,28)(H,26,27)/t15-/m1/s1. The van der Waals surface area contributed by atoms with Crippen molar-refractivity contribution in [2.75, 3.05) is 11.9 Å². The Balaban J connectivity index is 1.61. The summed E-state index contributed by atoms with van der Waals surface area (Å²) in [6, 6.07) is 13.5. The number of carbonyl (C=O) groups excluding carboxylic acids is 2. The van der Waals surface area contributed by atoms with Crippen LogP contribution in [-0.2, 0) is 9.59 Å². The van der Waals surface area contributed by atoms with Crippen LogP contribution in [0.2, 0.25) is 0 Å². The van der Waals surface area contributed by atoms with Crippen molar-refractivity contribution < 1.29 is 9.59 Å². The summed E-state index contributed by atoms with van der Waals surface area (Å²) in [4.78, 5) is 33.7. The number of benzene rings is 2. The maximum Gasteiger partial charge on any atom is 0.243 e. The Hall–Kier alpha value is -2.93. The third kappa shape index (κ3) is 5.12. The molecule has 150 valence electrons. The molecule has 0 aliphatic carbocycles. The van der Waals surface area contributed by atoms with Crippen LogP contribution in [0.5, 0.6) is 0 Å². The quantitative estimate of drug-likeness (QED) is 0.479. The van der Waals surface area contributed by atoms with E-state index < -0.39 is 5.25 Å². The van der Waals surface area contributed by atoms with Crippen LogP contribution in [-0.4, -0.2) is 33.6 Å². The number of aryl methyl sites for hydroxylation is 3. The SMILES string of the molecule is Cc1nc(S[C@H](C)C(=O)NCC(=O)Nc2c(C)cccc2C)c2ccccc2n1. The Morgan fingerprint density at radius 2 is 1.69 bits per heavy atom. The normalized spacial score (nSPS) is 11.9. The molecule has 6 nitrogen and oxygen atoms in total. The van der Waals surface area contributed by atoms with E-state index in [9.17, 15) is 9.59 Å². The molecule has 2 aromatic carbocycles. The summed E-state index contributed by atoms with van der Waals surface area (Å²) >= 11 is 1.36. The lowest BCUT2D eigenvalue weighted by atomic mass is 10.1. The molecule has 2 amide bonds. The minimum atomic E-state index is -0.402. The van der Waals surface area contributed by atoms with Crippen LogP contribution in [0.1, 0.15) is 23.9 Å². The molecule has 1 heterocycles. The van der Waals surface area contributed by atoms with Gasteiger partial charge in [-0.1, -0.05) is 48.2 Å². The Kier molecular flexibility index (Phi) is 6.49. The summed E-state index contributed by atoms with van der Waals surface area (Å²) in [6.45, 7) is 7.43. The van der Waals surface area contributed by atoms with Crippen LogP contribution in [0.15, 0.2) is 47.5 Å². The molecule has 7 heteroatoms. The highest BCUT2D eigenvalue weighted by Crippen LogP contribution is 2.28. The van der Waals surface area contributed by atoms with E-state index in [0.717, 1.165) is 32.7 Å². The molecule has 0 bridgehead atoms. The zero-order chi connectivity index (χ0) is 21.0. The molecule has 0 fully saturated rings. The number of carbonyl (C=O) groups is 2. The Morgan fingerprint density at radius 3 is 2.41 bits per heavy atom. The van der Waals surface area contributed by atoms with Gasteiger partial charge in [0.2, 0.25) is 11.8 Å².